The highest BCUT2D eigenvalue weighted by molar-refractivity contribution is 7.99. The molecule has 6 rings (SSSR count). The molecule has 0 aliphatic heterocycles. The number of para-hydroxylation sites is 1. The van der Waals surface area contributed by atoms with Crippen LogP contribution >= 0.6 is 23.1 Å². The number of aromatic nitrogens is 3. The lowest BCUT2D eigenvalue weighted by Crippen LogP contribution is -2.23. The zero-order valence-electron chi connectivity index (χ0n) is 24.0. The van der Waals surface area contributed by atoms with Gasteiger partial charge in [0, 0.05) is 15.8 Å². The number of aryl methyl sites for hydroxylation is 1. The number of nitrogens with one attached hydrogen (secondary N) is 2. The molecule has 0 saturated carbocycles. The number of hydrogen-bond donors (Lipinski definition) is 2. The van der Waals surface area contributed by atoms with Crippen molar-refractivity contribution >= 4 is 61.9 Å². The van der Waals surface area contributed by atoms with Gasteiger partial charge in [0.25, 0.3) is 5.56 Å². The molecule has 1 aliphatic carbocycles. The summed E-state index contributed by atoms with van der Waals surface area (Å²) in [5, 5.41) is 4.72. The normalized spacial score (nSPS) is 13.1. The van der Waals surface area contributed by atoms with E-state index >= 15 is 0 Å². The monoisotopic (exact) mass is 616 g/mol. The smallest absolute Gasteiger partial charge is 0.341 e. The fourth-order valence-electron chi connectivity index (χ4n) is 5.47. The molecule has 1 amide bonds. The van der Waals surface area contributed by atoms with Crippen molar-refractivity contribution in [3.63, 3.8) is 0 Å². The molecule has 222 valence electrons. The SMILES string of the molecule is CCOC(=O)c1c(NC(=O)CSc2nc3c([nH]c4ccccc43)c(=O)n2-c2ccc(OCC)cc2)sc2c1CCCCC2. The average molecular weight is 617 g/mol. The molecule has 0 atom stereocenters. The summed E-state index contributed by atoms with van der Waals surface area (Å²) in [6.07, 6.45) is 4.87. The first-order valence-electron chi connectivity index (χ1n) is 14.5. The molecule has 11 heteroatoms. The van der Waals surface area contributed by atoms with Gasteiger partial charge in [0.05, 0.1) is 30.2 Å². The molecule has 2 aromatic carbocycles. The Bertz CT molecular complexity index is 1870. The molecule has 5 aromatic rings. The number of esters is 1. The minimum atomic E-state index is -0.402. The summed E-state index contributed by atoms with van der Waals surface area (Å²) in [6.45, 7) is 4.48. The number of hydrogen-bond acceptors (Lipinski definition) is 8. The summed E-state index contributed by atoms with van der Waals surface area (Å²) in [5.41, 5.74) is 3.58. The van der Waals surface area contributed by atoms with Crippen molar-refractivity contribution in [2.75, 3.05) is 24.3 Å². The molecule has 0 radical (unpaired) electrons. The van der Waals surface area contributed by atoms with Gasteiger partial charge in [-0.1, -0.05) is 36.4 Å². The number of amides is 1. The predicted molar refractivity (Wildman–Crippen MR) is 171 cm³/mol. The third-order valence-electron chi connectivity index (χ3n) is 7.39. The van der Waals surface area contributed by atoms with Crippen LogP contribution in [0, 0.1) is 0 Å². The molecule has 43 heavy (non-hydrogen) atoms. The van der Waals surface area contributed by atoms with E-state index in [0.717, 1.165) is 53.4 Å². The number of carbonyl (C=O) groups is 2. The Hall–Kier alpha value is -4.09. The zero-order valence-corrected chi connectivity index (χ0v) is 25.7. The Kier molecular flexibility index (Phi) is 8.53. The molecular formula is C32H32N4O5S2. The molecule has 0 saturated heterocycles. The minimum Gasteiger partial charge on any atom is -0.494 e. The Morgan fingerprint density at radius 3 is 2.63 bits per heavy atom. The van der Waals surface area contributed by atoms with Gasteiger partial charge >= 0.3 is 5.97 Å². The van der Waals surface area contributed by atoms with Crippen LogP contribution in [0.15, 0.2) is 58.5 Å². The number of thioether (sulfide) groups is 1. The number of nitrogens with zero attached hydrogens (tertiary/aromatic N) is 2. The highest BCUT2D eigenvalue weighted by Gasteiger charge is 2.27. The second-order valence-corrected chi connectivity index (χ2v) is 12.2. The van der Waals surface area contributed by atoms with E-state index in [9.17, 15) is 14.4 Å². The summed E-state index contributed by atoms with van der Waals surface area (Å²) < 4.78 is 12.5. The summed E-state index contributed by atoms with van der Waals surface area (Å²) in [4.78, 5) is 49.4. The molecule has 9 nitrogen and oxygen atoms in total. The van der Waals surface area contributed by atoms with Crippen LogP contribution in [0.25, 0.3) is 27.6 Å². The second kappa shape index (κ2) is 12.6. The Balaban J connectivity index is 1.34. The average Bonchev–Trinajstić information content (AvgIpc) is 3.46. The maximum Gasteiger partial charge on any atom is 0.341 e. The van der Waals surface area contributed by atoms with Gasteiger partial charge in [-0.05, 0) is 75.4 Å². The zero-order chi connectivity index (χ0) is 29.9. The van der Waals surface area contributed by atoms with Crippen molar-refractivity contribution in [2.24, 2.45) is 0 Å². The number of rotatable bonds is 9. The Labute approximate surface area is 256 Å². The largest absolute Gasteiger partial charge is 0.494 e. The summed E-state index contributed by atoms with van der Waals surface area (Å²) >= 11 is 2.63. The third-order valence-corrected chi connectivity index (χ3v) is 9.53. The number of fused-ring (bicyclic) bond motifs is 4. The van der Waals surface area contributed by atoms with E-state index in [-0.39, 0.29) is 23.8 Å². The molecule has 0 spiro atoms. The molecule has 3 aromatic heterocycles. The van der Waals surface area contributed by atoms with Gasteiger partial charge in [0.2, 0.25) is 5.91 Å². The van der Waals surface area contributed by atoms with E-state index in [1.54, 1.807) is 31.2 Å². The number of benzene rings is 2. The molecule has 3 heterocycles. The van der Waals surface area contributed by atoms with Gasteiger partial charge in [-0.15, -0.1) is 11.3 Å². The van der Waals surface area contributed by atoms with E-state index in [1.807, 2.05) is 31.2 Å². The fraction of sp³-hybridized carbons (Fsp3) is 0.312. The van der Waals surface area contributed by atoms with E-state index in [2.05, 4.69) is 10.3 Å². The standard InChI is InChI=1S/C32H32N4O5S2/c1-3-40-20-16-14-19(15-17-20)36-30(38)28-27(21-10-8-9-12-23(21)33-28)35-32(36)42-18-25(37)34-29-26(31(39)41-4-2)22-11-6-5-7-13-24(22)43-29/h8-10,12,14-17,33H,3-7,11,13,18H2,1-2H3,(H,34,37). The van der Waals surface area contributed by atoms with Gasteiger partial charge in [0.1, 0.15) is 21.8 Å². The number of thiophene rings is 1. The number of H-pyrrole nitrogens is 1. The van der Waals surface area contributed by atoms with Gasteiger partial charge in [-0.3, -0.25) is 14.2 Å². The first kappa shape index (κ1) is 29.0. The molecule has 0 bridgehead atoms. The van der Waals surface area contributed by atoms with Crippen LogP contribution in [0.5, 0.6) is 5.75 Å². The van der Waals surface area contributed by atoms with Crippen molar-refractivity contribution < 1.29 is 19.1 Å². The van der Waals surface area contributed by atoms with Crippen LogP contribution < -0.4 is 15.6 Å². The highest BCUT2D eigenvalue weighted by Crippen LogP contribution is 2.38. The van der Waals surface area contributed by atoms with Crippen molar-refractivity contribution in [1.29, 1.82) is 0 Å². The third kappa shape index (κ3) is 5.79. The molecule has 0 fully saturated rings. The molecule has 2 N–H and O–H groups in total. The predicted octanol–water partition coefficient (Wildman–Crippen LogP) is 6.50. The maximum atomic E-state index is 13.9. The quantitative estimate of drug-likeness (QED) is 0.0840. The van der Waals surface area contributed by atoms with Crippen LogP contribution in [0.1, 0.15) is 53.9 Å². The first-order chi connectivity index (χ1) is 21.0. The Morgan fingerprint density at radius 1 is 1.05 bits per heavy atom. The number of aromatic amines is 1. The van der Waals surface area contributed by atoms with Crippen molar-refractivity contribution in [2.45, 2.75) is 51.1 Å². The van der Waals surface area contributed by atoms with Crippen LogP contribution in [0.2, 0.25) is 0 Å². The lowest BCUT2D eigenvalue weighted by atomic mass is 10.1. The van der Waals surface area contributed by atoms with Crippen molar-refractivity contribution in [3.8, 4) is 11.4 Å². The van der Waals surface area contributed by atoms with Gasteiger partial charge in [-0.2, -0.15) is 0 Å². The number of anilines is 1. The second-order valence-electron chi connectivity index (χ2n) is 10.2. The summed E-state index contributed by atoms with van der Waals surface area (Å²) in [5.74, 6) is -0.0132. The first-order valence-corrected chi connectivity index (χ1v) is 16.3. The maximum absolute atomic E-state index is 13.9. The van der Waals surface area contributed by atoms with Crippen LogP contribution in [-0.4, -0.2) is 45.4 Å². The van der Waals surface area contributed by atoms with Gasteiger partial charge in [-0.25, -0.2) is 9.78 Å². The van der Waals surface area contributed by atoms with Crippen molar-refractivity contribution in [1.82, 2.24) is 14.5 Å². The molecule has 1 aliphatic rings. The molecular weight excluding hydrogens is 585 g/mol. The van der Waals surface area contributed by atoms with E-state index in [0.29, 0.717) is 44.8 Å². The Morgan fingerprint density at radius 2 is 1.84 bits per heavy atom. The summed E-state index contributed by atoms with van der Waals surface area (Å²) in [7, 11) is 0. The minimum absolute atomic E-state index is 0.0117. The number of carbonyl (C=O) groups excluding carboxylic acids is 2. The lowest BCUT2D eigenvalue weighted by molar-refractivity contribution is -0.113. The van der Waals surface area contributed by atoms with Crippen LogP contribution in [0.4, 0.5) is 5.00 Å². The highest BCUT2D eigenvalue weighted by atomic mass is 32.2. The summed E-state index contributed by atoms with van der Waals surface area (Å²) in [6, 6.07) is 14.8. The van der Waals surface area contributed by atoms with E-state index in [4.69, 9.17) is 14.5 Å². The number of ether oxygens (including phenoxy) is 2. The van der Waals surface area contributed by atoms with Gasteiger partial charge < -0.3 is 19.8 Å². The topological polar surface area (TPSA) is 115 Å². The van der Waals surface area contributed by atoms with E-state index < -0.39 is 5.97 Å². The van der Waals surface area contributed by atoms with Crippen molar-refractivity contribution in [3.05, 3.63) is 74.9 Å². The van der Waals surface area contributed by atoms with Gasteiger partial charge in [0.15, 0.2) is 5.16 Å². The molecule has 0 unspecified atom stereocenters. The lowest BCUT2D eigenvalue weighted by Gasteiger charge is -2.13. The van der Waals surface area contributed by atoms with E-state index in [1.165, 1.54) is 27.7 Å². The van der Waals surface area contributed by atoms with Crippen LogP contribution in [-0.2, 0) is 22.4 Å². The fourth-order valence-corrected chi connectivity index (χ4v) is 7.57. The van der Waals surface area contributed by atoms with Crippen LogP contribution in [0.3, 0.4) is 0 Å².